The van der Waals surface area contributed by atoms with Crippen LogP contribution < -0.4 is 5.56 Å². The maximum absolute atomic E-state index is 12.5. The van der Waals surface area contributed by atoms with Gasteiger partial charge < -0.3 is 14.3 Å². The van der Waals surface area contributed by atoms with Gasteiger partial charge in [-0.2, -0.15) is 0 Å². The van der Waals surface area contributed by atoms with Crippen molar-refractivity contribution in [2.24, 2.45) is 0 Å². The minimum Gasteiger partial charge on any atom is -0.449 e. The molecule has 2 aliphatic heterocycles. The van der Waals surface area contributed by atoms with Crippen molar-refractivity contribution in [3.05, 3.63) is 40.4 Å². The third-order valence-electron chi connectivity index (χ3n) is 5.94. The van der Waals surface area contributed by atoms with Crippen molar-refractivity contribution < 1.29 is 9.21 Å². The number of rotatable bonds is 4. The van der Waals surface area contributed by atoms with E-state index in [1.807, 2.05) is 29.2 Å². The Hall–Kier alpha value is -2.71. The summed E-state index contributed by atoms with van der Waals surface area (Å²) >= 11 is 0. The maximum atomic E-state index is 12.5. The topological polar surface area (TPSA) is 85.7 Å². The van der Waals surface area contributed by atoms with Crippen LogP contribution >= 0.6 is 0 Å². The van der Waals surface area contributed by atoms with Gasteiger partial charge in [0.05, 0.1) is 13.1 Å². The number of H-pyrrole nitrogens is 1. The number of benzene rings is 1. The normalized spacial score (nSPS) is 18.8. The number of carbonyl (C=O) groups excluding carboxylic acids is 1. The highest BCUT2D eigenvalue weighted by Gasteiger charge is 2.24. The van der Waals surface area contributed by atoms with Crippen LogP contribution in [0.1, 0.15) is 18.7 Å². The largest absolute Gasteiger partial charge is 0.449 e. The van der Waals surface area contributed by atoms with Crippen molar-refractivity contribution in [3.63, 3.8) is 0 Å². The molecule has 1 amide bonds. The SMILES string of the molecule is O=C(CN1CCN(Cc2nc3c(oc4ccccc43)c(=O)[nH]2)CC1)N1CCCC1. The Kier molecular flexibility index (Phi) is 4.81. The van der Waals surface area contributed by atoms with Crippen LogP contribution in [0.15, 0.2) is 33.5 Å². The van der Waals surface area contributed by atoms with Crippen LogP contribution in [0.3, 0.4) is 0 Å². The molecule has 0 atom stereocenters. The number of fused-ring (bicyclic) bond motifs is 3. The van der Waals surface area contributed by atoms with Crippen molar-refractivity contribution in [2.75, 3.05) is 45.8 Å². The lowest BCUT2D eigenvalue weighted by Crippen LogP contribution is -2.49. The number of aromatic nitrogens is 2. The molecule has 0 unspecified atom stereocenters. The Morgan fingerprint density at radius 2 is 1.76 bits per heavy atom. The Balaban J connectivity index is 1.24. The van der Waals surface area contributed by atoms with Crippen molar-refractivity contribution in [1.82, 2.24) is 24.7 Å². The van der Waals surface area contributed by atoms with Gasteiger partial charge in [0, 0.05) is 44.7 Å². The second kappa shape index (κ2) is 7.61. The molecule has 1 N–H and O–H groups in total. The van der Waals surface area contributed by atoms with Crippen LogP contribution in [0.5, 0.6) is 0 Å². The predicted molar refractivity (Wildman–Crippen MR) is 110 cm³/mol. The summed E-state index contributed by atoms with van der Waals surface area (Å²) in [6, 6.07) is 7.57. The average molecular weight is 395 g/mol. The smallest absolute Gasteiger partial charge is 0.294 e. The number of para-hydroxylation sites is 1. The molecule has 1 aromatic carbocycles. The summed E-state index contributed by atoms with van der Waals surface area (Å²) in [6.45, 7) is 6.30. The van der Waals surface area contributed by atoms with Crippen LogP contribution in [0.25, 0.3) is 22.1 Å². The van der Waals surface area contributed by atoms with Gasteiger partial charge in [-0.25, -0.2) is 4.98 Å². The zero-order valence-corrected chi connectivity index (χ0v) is 16.4. The molecule has 4 heterocycles. The number of aromatic amines is 1. The number of amides is 1. The highest BCUT2D eigenvalue weighted by molar-refractivity contribution is 6.01. The van der Waals surface area contributed by atoms with E-state index in [4.69, 9.17) is 4.42 Å². The predicted octanol–water partition coefficient (Wildman–Crippen LogP) is 1.41. The number of hydrogen-bond donors (Lipinski definition) is 1. The molecule has 0 saturated carbocycles. The molecule has 2 aliphatic rings. The molecule has 0 spiro atoms. The summed E-state index contributed by atoms with van der Waals surface area (Å²) in [5, 5.41) is 0.861. The first-order valence-electron chi connectivity index (χ1n) is 10.3. The molecule has 152 valence electrons. The number of piperazine rings is 1. The van der Waals surface area contributed by atoms with E-state index in [9.17, 15) is 9.59 Å². The van der Waals surface area contributed by atoms with Gasteiger partial charge in [0.25, 0.3) is 5.56 Å². The second-order valence-corrected chi connectivity index (χ2v) is 7.93. The Labute approximate surface area is 168 Å². The zero-order valence-electron chi connectivity index (χ0n) is 16.4. The summed E-state index contributed by atoms with van der Waals surface area (Å²) in [6.07, 6.45) is 2.25. The number of carbonyl (C=O) groups is 1. The summed E-state index contributed by atoms with van der Waals surface area (Å²) in [7, 11) is 0. The van der Waals surface area contributed by atoms with E-state index in [-0.39, 0.29) is 17.0 Å². The highest BCUT2D eigenvalue weighted by atomic mass is 16.3. The maximum Gasteiger partial charge on any atom is 0.294 e. The molecule has 5 rings (SSSR count). The third kappa shape index (κ3) is 3.65. The van der Waals surface area contributed by atoms with Crippen molar-refractivity contribution >= 4 is 28.0 Å². The van der Waals surface area contributed by atoms with Crippen LogP contribution in [0.2, 0.25) is 0 Å². The van der Waals surface area contributed by atoms with E-state index >= 15 is 0 Å². The van der Waals surface area contributed by atoms with E-state index < -0.39 is 0 Å². The molecule has 0 radical (unpaired) electrons. The number of likely N-dealkylation sites (tertiary alicyclic amines) is 1. The number of nitrogens with zero attached hydrogens (tertiary/aromatic N) is 4. The monoisotopic (exact) mass is 395 g/mol. The molecule has 0 bridgehead atoms. The van der Waals surface area contributed by atoms with Crippen molar-refractivity contribution in [3.8, 4) is 0 Å². The fraction of sp³-hybridized carbons (Fsp3) is 0.476. The number of furan rings is 1. The Morgan fingerprint density at radius 1 is 1.03 bits per heavy atom. The van der Waals surface area contributed by atoms with Gasteiger partial charge in [-0.1, -0.05) is 12.1 Å². The van der Waals surface area contributed by atoms with E-state index in [2.05, 4.69) is 19.8 Å². The molecule has 29 heavy (non-hydrogen) atoms. The molecule has 8 heteroatoms. The summed E-state index contributed by atoms with van der Waals surface area (Å²) in [5.74, 6) is 0.898. The first-order valence-corrected chi connectivity index (χ1v) is 10.3. The van der Waals surface area contributed by atoms with Crippen molar-refractivity contribution in [2.45, 2.75) is 19.4 Å². The summed E-state index contributed by atoms with van der Waals surface area (Å²) < 4.78 is 5.66. The number of nitrogens with one attached hydrogen (secondary N) is 1. The first kappa shape index (κ1) is 18.3. The lowest BCUT2D eigenvalue weighted by atomic mass is 10.2. The first-order chi connectivity index (χ1) is 14.2. The quantitative estimate of drug-likeness (QED) is 0.719. The molecule has 0 aliphatic carbocycles. The molecule has 2 aromatic heterocycles. The van der Waals surface area contributed by atoms with Crippen LogP contribution in [0, 0.1) is 0 Å². The lowest BCUT2D eigenvalue weighted by molar-refractivity contribution is -0.131. The average Bonchev–Trinajstić information content (AvgIpc) is 3.38. The van der Waals surface area contributed by atoms with E-state index in [0.29, 0.717) is 30.0 Å². The van der Waals surface area contributed by atoms with Gasteiger partial charge >= 0.3 is 0 Å². The zero-order chi connectivity index (χ0) is 19.8. The fourth-order valence-electron chi connectivity index (χ4n) is 4.30. The Bertz CT molecular complexity index is 1090. The van der Waals surface area contributed by atoms with Gasteiger partial charge in [-0.05, 0) is 25.0 Å². The van der Waals surface area contributed by atoms with E-state index in [0.717, 1.165) is 57.5 Å². The van der Waals surface area contributed by atoms with Gasteiger partial charge in [0.2, 0.25) is 11.5 Å². The minimum atomic E-state index is -0.240. The molecule has 8 nitrogen and oxygen atoms in total. The summed E-state index contributed by atoms with van der Waals surface area (Å²) in [5.41, 5.74) is 1.33. The van der Waals surface area contributed by atoms with Gasteiger partial charge in [-0.3, -0.25) is 19.4 Å². The highest BCUT2D eigenvalue weighted by Crippen LogP contribution is 2.24. The second-order valence-electron chi connectivity index (χ2n) is 7.93. The van der Waals surface area contributed by atoms with E-state index in [1.165, 1.54) is 0 Å². The van der Waals surface area contributed by atoms with Crippen LogP contribution in [0.4, 0.5) is 0 Å². The minimum absolute atomic E-state index is 0.240. The molecule has 3 aromatic rings. The standard InChI is InChI=1S/C21H25N5O3/c27-18(26-7-3-4-8-26)14-25-11-9-24(10-12-25)13-17-22-19-15-5-1-2-6-16(15)29-20(19)21(28)23-17/h1-2,5-6H,3-4,7-14H2,(H,22,23,28). The number of hydrogen-bond acceptors (Lipinski definition) is 6. The Morgan fingerprint density at radius 3 is 2.55 bits per heavy atom. The molecule has 2 saturated heterocycles. The van der Waals surface area contributed by atoms with E-state index in [1.54, 1.807) is 0 Å². The lowest BCUT2D eigenvalue weighted by Gasteiger charge is -2.34. The molecule has 2 fully saturated rings. The van der Waals surface area contributed by atoms with Crippen LogP contribution in [-0.2, 0) is 11.3 Å². The van der Waals surface area contributed by atoms with Gasteiger partial charge in [0.15, 0.2) is 0 Å². The third-order valence-corrected chi connectivity index (χ3v) is 5.94. The fourth-order valence-corrected chi connectivity index (χ4v) is 4.30. The summed E-state index contributed by atoms with van der Waals surface area (Å²) in [4.78, 5) is 38.8. The van der Waals surface area contributed by atoms with Gasteiger partial charge in [-0.15, -0.1) is 0 Å². The molecular weight excluding hydrogens is 370 g/mol. The van der Waals surface area contributed by atoms with Crippen LogP contribution in [-0.4, -0.2) is 76.4 Å². The van der Waals surface area contributed by atoms with Gasteiger partial charge in [0.1, 0.15) is 16.9 Å². The molecular formula is C21H25N5O3. The van der Waals surface area contributed by atoms with Crippen molar-refractivity contribution in [1.29, 1.82) is 0 Å².